The number of aromatic nitrogens is 1. The molecule has 0 aliphatic heterocycles. The van der Waals surface area contributed by atoms with Gasteiger partial charge in [-0.05, 0) is 36.5 Å². The molecule has 1 aromatic heterocycles. The summed E-state index contributed by atoms with van der Waals surface area (Å²) in [5, 5.41) is 6.45. The molecule has 0 radical (unpaired) electrons. The second-order valence-electron chi connectivity index (χ2n) is 5.56. The van der Waals surface area contributed by atoms with Gasteiger partial charge in [0.2, 0.25) is 0 Å². The smallest absolute Gasteiger partial charge is 0.260 e. The highest BCUT2D eigenvalue weighted by atomic mass is 16.5. The highest BCUT2D eigenvalue weighted by Gasteiger charge is 2.18. The zero-order valence-corrected chi connectivity index (χ0v) is 12.4. The first-order valence-electron chi connectivity index (χ1n) is 6.77. The first kappa shape index (κ1) is 14.3. The van der Waals surface area contributed by atoms with Crippen LogP contribution in [0.3, 0.4) is 0 Å². The molecule has 2 rings (SSSR count). The van der Waals surface area contributed by atoms with Crippen LogP contribution in [0.1, 0.15) is 48.9 Å². The van der Waals surface area contributed by atoms with Crippen LogP contribution in [0.15, 0.2) is 35.0 Å². The van der Waals surface area contributed by atoms with Crippen molar-refractivity contribution >= 4 is 11.6 Å². The van der Waals surface area contributed by atoms with E-state index < -0.39 is 0 Å². The van der Waals surface area contributed by atoms with Crippen LogP contribution in [0, 0.1) is 6.92 Å². The van der Waals surface area contributed by atoms with Gasteiger partial charge in [-0.3, -0.25) is 4.79 Å². The number of carbonyl (C=O) groups is 1. The molecule has 0 aliphatic rings. The number of hydrogen-bond acceptors (Lipinski definition) is 3. The minimum Gasteiger partial charge on any atom is -0.361 e. The lowest BCUT2D eigenvalue weighted by Crippen LogP contribution is -2.16. The van der Waals surface area contributed by atoms with Gasteiger partial charge in [0.1, 0.15) is 11.3 Å². The summed E-state index contributed by atoms with van der Waals surface area (Å²) in [5.74, 6) is 0.317. The maximum Gasteiger partial charge on any atom is 0.260 e. The molecule has 1 N–H and O–H groups in total. The SMILES string of the molecule is CCC(C)(C)c1ccc(NC(=O)c2cnoc2C)cc1. The van der Waals surface area contributed by atoms with E-state index in [4.69, 9.17) is 4.52 Å². The van der Waals surface area contributed by atoms with Gasteiger partial charge in [-0.1, -0.05) is 38.1 Å². The topological polar surface area (TPSA) is 55.1 Å². The zero-order valence-electron chi connectivity index (χ0n) is 12.4. The van der Waals surface area contributed by atoms with Crippen molar-refractivity contribution < 1.29 is 9.32 Å². The Kier molecular flexibility index (Phi) is 3.93. The van der Waals surface area contributed by atoms with Crippen LogP contribution in [0.5, 0.6) is 0 Å². The lowest BCUT2D eigenvalue weighted by atomic mass is 9.82. The molecule has 0 atom stereocenters. The van der Waals surface area contributed by atoms with Crippen LogP contribution >= 0.6 is 0 Å². The lowest BCUT2D eigenvalue weighted by molar-refractivity contribution is 0.102. The molecule has 0 aliphatic carbocycles. The van der Waals surface area contributed by atoms with Crippen molar-refractivity contribution in [1.29, 1.82) is 0 Å². The number of amides is 1. The molecular formula is C16H20N2O2. The standard InChI is InChI=1S/C16H20N2O2/c1-5-16(3,4)12-6-8-13(9-7-12)18-15(19)14-10-17-20-11(14)2/h6-10H,5H2,1-4H3,(H,18,19). The van der Waals surface area contributed by atoms with Gasteiger partial charge in [0.25, 0.3) is 5.91 Å². The molecule has 0 spiro atoms. The van der Waals surface area contributed by atoms with E-state index in [2.05, 4.69) is 43.4 Å². The Morgan fingerprint density at radius 1 is 1.30 bits per heavy atom. The number of hydrogen-bond donors (Lipinski definition) is 1. The van der Waals surface area contributed by atoms with Gasteiger partial charge in [0, 0.05) is 5.69 Å². The van der Waals surface area contributed by atoms with Gasteiger partial charge in [0.15, 0.2) is 0 Å². The number of rotatable bonds is 4. The van der Waals surface area contributed by atoms with Gasteiger partial charge in [-0.25, -0.2) is 0 Å². The summed E-state index contributed by atoms with van der Waals surface area (Å²) in [6.07, 6.45) is 2.50. The van der Waals surface area contributed by atoms with E-state index in [0.29, 0.717) is 11.3 Å². The minimum atomic E-state index is -0.203. The first-order chi connectivity index (χ1) is 9.44. The van der Waals surface area contributed by atoms with E-state index in [1.54, 1.807) is 6.92 Å². The van der Waals surface area contributed by atoms with Gasteiger partial charge in [0.05, 0.1) is 6.20 Å². The molecule has 0 unspecified atom stereocenters. The molecule has 1 aromatic carbocycles. The van der Waals surface area contributed by atoms with E-state index in [1.807, 2.05) is 12.1 Å². The maximum absolute atomic E-state index is 12.0. The van der Waals surface area contributed by atoms with Gasteiger partial charge in [-0.2, -0.15) is 0 Å². The third-order valence-corrected chi connectivity index (χ3v) is 3.80. The number of nitrogens with zero attached hydrogens (tertiary/aromatic N) is 1. The monoisotopic (exact) mass is 272 g/mol. The number of aryl methyl sites for hydroxylation is 1. The fourth-order valence-corrected chi connectivity index (χ4v) is 1.92. The molecule has 0 saturated heterocycles. The van der Waals surface area contributed by atoms with Crippen LogP contribution in [-0.4, -0.2) is 11.1 Å². The summed E-state index contributed by atoms with van der Waals surface area (Å²) in [4.78, 5) is 12.0. The average molecular weight is 272 g/mol. The molecule has 0 fully saturated rings. The molecule has 106 valence electrons. The molecule has 0 bridgehead atoms. The highest BCUT2D eigenvalue weighted by Crippen LogP contribution is 2.27. The predicted molar refractivity (Wildman–Crippen MR) is 79.0 cm³/mol. The van der Waals surface area contributed by atoms with Gasteiger partial charge < -0.3 is 9.84 Å². The largest absolute Gasteiger partial charge is 0.361 e. The molecule has 0 saturated carbocycles. The minimum absolute atomic E-state index is 0.146. The van der Waals surface area contributed by atoms with Crippen LogP contribution in [0.2, 0.25) is 0 Å². The molecule has 1 heterocycles. The molecule has 20 heavy (non-hydrogen) atoms. The van der Waals surface area contributed by atoms with E-state index in [-0.39, 0.29) is 11.3 Å². The Hall–Kier alpha value is -2.10. The average Bonchev–Trinajstić information content (AvgIpc) is 2.85. The zero-order chi connectivity index (χ0) is 14.8. The van der Waals surface area contributed by atoms with Crippen LogP contribution in [-0.2, 0) is 5.41 Å². The summed E-state index contributed by atoms with van der Waals surface area (Å²) in [7, 11) is 0. The third-order valence-electron chi connectivity index (χ3n) is 3.80. The predicted octanol–water partition coefficient (Wildman–Crippen LogP) is 3.92. The maximum atomic E-state index is 12.0. The van der Waals surface area contributed by atoms with E-state index in [9.17, 15) is 4.79 Å². The van der Waals surface area contributed by atoms with E-state index >= 15 is 0 Å². The summed E-state index contributed by atoms with van der Waals surface area (Å²) in [5.41, 5.74) is 2.64. The van der Waals surface area contributed by atoms with Gasteiger partial charge in [-0.15, -0.1) is 0 Å². The van der Waals surface area contributed by atoms with Crippen LogP contribution < -0.4 is 5.32 Å². The van der Waals surface area contributed by atoms with Crippen molar-refractivity contribution in [3.05, 3.63) is 47.3 Å². The molecule has 2 aromatic rings. The summed E-state index contributed by atoms with van der Waals surface area (Å²) in [6.45, 7) is 8.31. The second kappa shape index (κ2) is 5.49. The Morgan fingerprint density at radius 2 is 1.95 bits per heavy atom. The van der Waals surface area contributed by atoms with Crippen molar-refractivity contribution in [2.75, 3.05) is 5.32 Å². The Balaban J connectivity index is 2.12. The van der Waals surface area contributed by atoms with E-state index in [1.165, 1.54) is 11.8 Å². The fourth-order valence-electron chi connectivity index (χ4n) is 1.92. The Bertz CT molecular complexity index is 597. The van der Waals surface area contributed by atoms with E-state index in [0.717, 1.165) is 12.1 Å². The summed E-state index contributed by atoms with van der Waals surface area (Å²) >= 11 is 0. The quantitative estimate of drug-likeness (QED) is 0.917. The second-order valence-corrected chi connectivity index (χ2v) is 5.56. The number of anilines is 1. The highest BCUT2D eigenvalue weighted by molar-refractivity contribution is 6.04. The molecule has 1 amide bonds. The number of carbonyl (C=O) groups excluding carboxylic acids is 1. The van der Waals surface area contributed by atoms with Crippen molar-refractivity contribution in [2.45, 2.75) is 39.5 Å². The Morgan fingerprint density at radius 3 is 2.45 bits per heavy atom. The summed E-state index contributed by atoms with van der Waals surface area (Å²) in [6, 6.07) is 7.96. The number of benzene rings is 1. The van der Waals surface area contributed by atoms with Crippen molar-refractivity contribution in [1.82, 2.24) is 5.16 Å². The lowest BCUT2D eigenvalue weighted by Gasteiger charge is -2.23. The van der Waals surface area contributed by atoms with Crippen molar-refractivity contribution in [3.63, 3.8) is 0 Å². The molecule has 4 nitrogen and oxygen atoms in total. The number of nitrogens with one attached hydrogen (secondary N) is 1. The van der Waals surface area contributed by atoms with Crippen molar-refractivity contribution in [3.8, 4) is 0 Å². The fraction of sp³-hybridized carbons (Fsp3) is 0.375. The normalized spacial score (nSPS) is 11.4. The molecular weight excluding hydrogens is 252 g/mol. The van der Waals surface area contributed by atoms with Gasteiger partial charge >= 0.3 is 0 Å². The van der Waals surface area contributed by atoms with Crippen LogP contribution in [0.4, 0.5) is 5.69 Å². The van der Waals surface area contributed by atoms with Crippen LogP contribution in [0.25, 0.3) is 0 Å². The third kappa shape index (κ3) is 2.90. The summed E-state index contributed by atoms with van der Waals surface area (Å²) < 4.78 is 4.89. The Labute approximate surface area is 119 Å². The van der Waals surface area contributed by atoms with Crippen molar-refractivity contribution in [2.24, 2.45) is 0 Å². The molecule has 4 heteroatoms. The first-order valence-corrected chi connectivity index (χ1v) is 6.77.